The van der Waals surface area contributed by atoms with Crippen LogP contribution in [0.5, 0.6) is 5.75 Å². The van der Waals surface area contributed by atoms with Crippen molar-refractivity contribution in [2.24, 2.45) is 0 Å². The summed E-state index contributed by atoms with van der Waals surface area (Å²) in [6, 6.07) is 16.9. The number of aryl methyl sites for hydroxylation is 2. The lowest BCUT2D eigenvalue weighted by atomic mass is 10.1. The Balaban J connectivity index is 1.28. The van der Waals surface area contributed by atoms with Crippen molar-refractivity contribution in [2.45, 2.75) is 48.9 Å². The number of nitrogens with zero attached hydrogens (tertiary/aromatic N) is 2. The number of nitrogens with one attached hydrogen (secondary N) is 1. The quantitative estimate of drug-likeness (QED) is 0.203. The second-order valence-electron chi connectivity index (χ2n) is 7.89. The van der Waals surface area contributed by atoms with Gasteiger partial charge >= 0.3 is 0 Å². The fourth-order valence-corrected chi connectivity index (χ4v) is 5.50. The minimum Gasteiger partial charge on any atom is -0.497 e. The highest BCUT2D eigenvalue weighted by atomic mass is 32.2. The molecule has 0 radical (unpaired) electrons. The average Bonchev–Trinajstić information content (AvgIpc) is 3.22. The van der Waals surface area contributed by atoms with E-state index >= 15 is 0 Å². The molecule has 0 saturated heterocycles. The predicted molar refractivity (Wildman–Crippen MR) is 136 cm³/mol. The molecule has 2 aromatic carbocycles. The molecule has 32 heavy (non-hydrogen) atoms. The van der Waals surface area contributed by atoms with Crippen LogP contribution >= 0.6 is 23.5 Å². The van der Waals surface area contributed by atoms with E-state index in [0.29, 0.717) is 0 Å². The number of H-pyrrole nitrogens is 1. The number of methoxy groups -OCH3 is 1. The van der Waals surface area contributed by atoms with Gasteiger partial charge in [0, 0.05) is 22.9 Å². The van der Waals surface area contributed by atoms with E-state index in [1.54, 1.807) is 18.9 Å². The molecular weight excluding hydrogens is 434 g/mol. The minimum absolute atomic E-state index is 0.796. The summed E-state index contributed by atoms with van der Waals surface area (Å²) in [7, 11) is 1.68. The van der Waals surface area contributed by atoms with E-state index in [1.165, 1.54) is 34.4 Å². The van der Waals surface area contributed by atoms with Crippen LogP contribution in [0.3, 0.4) is 0 Å². The van der Waals surface area contributed by atoms with Crippen molar-refractivity contribution >= 4 is 34.6 Å². The number of ether oxygens (including phenoxy) is 1. The number of thioether (sulfide) groups is 2. The Morgan fingerprint density at radius 3 is 2.62 bits per heavy atom. The Morgan fingerprint density at radius 2 is 1.81 bits per heavy atom. The standard InChI is InChI=1S/C26H29N3OS2/c1-18-7-9-20(10-8-18)6-4-5-15-31-25-13-14-27-24(19(25)2)17-32-26-28-22-12-11-21(30-3)16-23(22)29-26/h7-14,16H,4-6,15,17H2,1-3H3,(H,28,29). The summed E-state index contributed by atoms with van der Waals surface area (Å²) < 4.78 is 5.30. The Kier molecular flexibility index (Phi) is 7.76. The summed E-state index contributed by atoms with van der Waals surface area (Å²) >= 11 is 3.63. The molecule has 1 N–H and O–H groups in total. The molecule has 2 heterocycles. The fraction of sp³-hybridized carbons (Fsp3) is 0.308. The van der Waals surface area contributed by atoms with E-state index in [0.717, 1.165) is 45.6 Å². The molecule has 4 aromatic rings. The van der Waals surface area contributed by atoms with Crippen LogP contribution in [-0.2, 0) is 12.2 Å². The number of fused-ring (bicyclic) bond motifs is 1. The predicted octanol–water partition coefficient (Wildman–Crippen LogP) is 6.99. The normalized spacial score (nSPS) is 11.2. The van der Waals surface area contributed by atoms with Gasteiger partial charge in [0.25, 0.3) is 0 Å². The van der Waals surface area contributed by atoms with Gasteiger partial charge in [-0.3, -0.25) is 4.98 Å². The van der Waals surface area contributed by atoms with E-state index in [4.69, 9.17) is 4.74 Å². The maximum atomic E-state index is 5.30. The number of hydrogen-bond acceptors (Lipinski definition) is 5. The lowest BCUT2D eigenvalue weighted by Crippen LogP contribution is -1.95. The molecule has 0 spiro atoms. The number of imidazole rings is 1. The van der Waals surface area contributed by atoms with Gasteiger partial charge in [-0.25, -0.2) is 4.98 Å². The average molecular weight is 464 g/mol. The zero-order valence-electron chi connectivity index (χ0n) is 18.9. The zero-order valence-corrected chi connectivity index (χ0v) is 20.5. The monoisotopic (exact) mass is 463 g/mol. The summed E-state index contributed by atoms with van der Waals surface area (Å²) in [5.74, 6) is 2.76. The summed E-state index contributed by atoms with van der Waals surface area (Å²) in [4.78, 5) is 14.0. The minimum atomic E-state index is 0.796. The van der Waals surface area contributed by atoms with Crippen molar-refractivity contribution in [1.29, 1.82) is 0 Å². The highest BCUT2D eigenvalue weighted by molar-refractivity contribution is 7.99. The van der Waals surface area contributed by atoms with Crippen molar-refractivity contribution in [3.05, 3.63) is 77.1 Å². The largest absolute Gasteiger partial charge is 0.497 e. The lowest BCUT2D eigenvalue weighted by molar-refractivity contribution is 0.415. The zero-order chi connectivity index (χ0) is 22.3. The summed E-state index contributed by atoms with van der Waals surface area (Å²) in [5.41, 5.74) is 7.11. The van der Waals surface area contributed by atoms with Gasteiger partial charge < -0.3 is 9.72 Å². The number of benzene rings is 2. The van der Waals surface area contributed by atoms with Gasteiger partial charge in [0.2, 0.25) is 0 Å². The van der Waals surface area contributed by atoms with E-state index in [2.05, 4.69) is 59.1 Å². The number of rotatable bonds is 10. The molecule has 166 valence electrons. The molecule has 6 heteroatoms. The summed E-state index contributed by atoms with van der Waals surface area (Å²) in [6.07, 6.45) is 5.52. The first-order valence-corrected chi connectivity index (χ1v) is 12.9. The third-order valence-electron chi connectivity index (χ3n) is 5.51. The first-order chi connectivity index (χ1) is 15.6. The fourth-order valence-electron chi connectivity index (χ4n) is 3.53. The SMILES string of the molecule is COc1ccc2nc(SCc3nccc(SCCCCc4ccc(C)cc4)c3C)[nH]c2c1. The van der Waals surface area contributed by atoms with E-state index in [1.807, 2.05) is 36.2 Å². The van der Waals surface area contributed by atoms with Crippen LogP contribution in [0.4, 0.5) is 0 Å². The number of aromatic nitrogens is 3. The number of hydrogen-bond donors (Lipinski definition) is 1. The van der Waals surface area contributed by atoms with Gasteiger partial charge in [0.05, 0.1) is 23.8 Å². The van der Waals surface area contributed by atoms with Crippen LogP contribution in [0.25, 0.3) is 11.0 Å². The van der Waals surface area contributed by atoms with Gasteiger partial charge in [-0.2, -0.15) is 0 Å². The van der Waals surface area contributed by atoms with Gasteiger partial charge in [-0.1, -0.05) is 41.6 Å². The van der Waals surface area contributed by atoms with Crippen LogP contribution < -0.4 is 4.74 Å². The van der Waals surface area contributed by atoms with Crippen molar-refractivity contribution in [2.75, 3.05) is 12.9 Å². The van der Waals surface area contributed by atoms with Crippen LogP contribution in [-0.4, -0.2) is 27.8 Å². The molecule has 0 aliphatic heterocycles. The van der Waals surface area contributed by atoms with E-state index in [-0.39, 0.29) is 0 Å². The molecule has 4 nitrogen and oxygen atoms in total. The Labute approximate surface area is 198 Å². The van der Waals surface area contributed by atoms with Gasteiger partial charge in [-0.05, 0) is 68.2 Å². The molecule has 0 aliphatic rings. The number of unbranched alkanes of at least 4 members (excludes halogenated alkanes) is 1. The van der Waals surface area contributed by atoms with Crippen molar-refractivity contribution in [1.82, 2.24) is 15.0 Å². The number of pyridine rings is 1. The van der Waals surface area contributed by atoms with E-state index in [9.17, 15) is 0 Å². The molecule has 0 saturated carbocycles. The Bertz CT molecular complexity index is 1170. The molecule has 0 bridgehead atoms. The molecule has 0 amide bonds. The lowest BCUT2D eigenvalue weighted by Gasteiger charge is -2.09. The Hall–Kier alpha value is -2.44. The first kappa shape index (κ1) is 22.7. The molecule has 0 aliphatic carbocycles. The van der Waals surface area contributed by atoms with Gasteiger partial charge in [0.15, 0.2) is 5.16 Å². The van der Waals surface area contributed by atoms with Gasteiger partial charge in [0.1, 0.15) is 5.75 Å². The first-order valence-electron chi connectivity index (χ1n) is 10.9. The van der Waals surface area contributed by atoms with Crippen LogP contribution in [0.15, 0.2) is 64.8 Å². The molecular formula is C26H29N3OS2. The molecule has 4 rings (SSSR count). The Morgan fingerprint density at radius 1 is 0.969 bits per heavy atom. The van der Waals surface area contributed by atoms with Crippen LogP contribution in [0.1, 0.15) is 35.2 Å². The number of aromatic amines is 1. The molecule has 0 fully saturated rings. The summed E-state index contributed by atoms with van der Waals surface area (Å²) in [5, 5.41) is 0.906. The third-order valence-corrected chi connectivity index (χ3v) is 7.64. The maximum Gasteiger partial charge on any atom is 0.166 e. The van der Waals surface area contributed by atoms with Crippen molar-refractivity contribution < 1.29 is 4.74 Å². The maximum absolute atomic E-state index is 5.30. The van der Waals surface area contributed by atoms with Crippen molar-refractivity contribution in [3.8, 4) is 5.75 Å². The van der Waals surface area contributed by atoms with Crippen molar-refractivity contribution in [3.63, 3.8) is 0 Å². The van der Waals surface area contributed by atoms with Gasteiger partial charge in [-0.15, -0.1) is 11.8 Å². The van der Waals surface area contributed by atoms with Crippen LogP contribution in [0, 0.1) is 13.8 Å². The smallest absolute Gasteiger partial charge is 0.166 e. The summed E-state index contributed by atoms with van der Waals surface area (Å²) in [6.45, 7) is 4.32. The second-order valence-corrected chi connectivity index (χ2v) is 9.99. The highest BCUT2D eigenvalue weighted by Gasteiger charge is 2.10. The molecule has 0 unspecified atom stereocenters. The highest BCUT2D eigenvalue weighted by Crippen LogP contribution is 2.29. The van der Waals surface area contributed by atoms with E-state index < -0.39 is 0 Å². The van der Waals surface area contributed by atoms with Crippen LogP contribution in [0.2, 0.25) is 0 Å². The molecule has 2 aromatic heterocycles. The molecule has 0 atom stereocenters. The third kappa shape index (κ3) is 5.87. The second kappa shape index (κ2) is 10.9. The topological polar surface area (TPSA) is 50.8 Å².